The van der Waals surface area contributed by atoms with Crippen LogP contribution < -0.4 is 9.64 Å². The average molecular weight is 390 g/mol. The smallest absolute Gasteiger partial charge is 0.202 e. The largest absolute Gasteiger partial charge is 0.497 e. The number of quaternary nitrogens is 1. The lowest BCUT2D eigenvalue weighted by Gasteiger charge is -2.14. The summed E-state index contributed by atoms with van der Waals surface area (Å²) in [5.41, 5.74) is 2.23. The van der Waals surface area contributed by atoms with E-state index >= 15 is 0 Å². The monoisotopic (exact) mass is 389 g/mol. The van der Waals surface area contributed by atoms with Crippen molar-refractivity contribution in [2.75, 3.05) is 14.2 Å². The molecule has 0 bridgehead atoms. The molecule has 7 heteroatoms. The Morgan fingerprint density at radius 3 is 2.38 bits per heavy atom. The zero-order chi connectivity index (χ0) is 18.7. The lowest BCUT2D eigenvalue weighted by molar-refractivity contribution is -0.917. The van der Waals surface area contributed by atoms with Gasteiger partial charge in [0, 0.05) is 23.2 Å². The van der Waals surface area contributed by atoms with Gasteiger partial charge in [-0.05, 0) is 60.7 Å². The quantitative estimate of drug-likeness (QED) is 0.658. The number of methoxy groups -OCH3 is 1. The molecule has 1 unspecified atom stereocenters. The van der Waals surface area contributed by atoms with E-state index in [0.29, 0.717) is 16.5 Å². The van der Waals surface area contributed by atoms with Crippen LogP contribution in [0.2, 0.25) is 5.02 Å². The second-order valence-electron chi connectivity index (χ2n) is 6.31. The Kier molecular flexibility index (Phi) is 5.76. The van der Waals surface area contributed by atoms with Crippen LogP contribution in [0.15, 0.2) is 48.5 Å². The summed E-state index contributed by atoms with van der Waals surface area (Å²) in [7, 11) is 5.74. The van der Waals surface area contributed by atoms with Crippen molar-refractivity contribution in [3.63, 3.8) is 0 Å². The molecule has 1 heterocycles. The number of halogens is 1. The number of ether oxygens (including phenoxy) is 1. The summed E-state index contributed by atoms with van der Waals surface area (Å²) in [5.74, 6) is 1.70. The van der Waals surface area contributed by atoms with Gasteiger partial charge in [0.2, 0.25) is 4.77 Å². The van der Waals surface area contributed by atoms with Gasteiger partial charge in [-0.25, -0.2) is 0 Å². The summed E-state index contributed by atoms with van der Waals surface area (Å²) in [6.45, 7) is 1.56. The van der Waals surface area contributed by atoms with Gasteiger partial charge in [0.1, 0.15) is 12.3 Å². The van der Waals surface area contributed by atoms with Crippen LogP contribution in [0.1, 0.15) is 5.56 Å². The topological polar surface area (TPSA) is 36.4 Å². The van der Waals surface area contributed by atoms with Gasteiger partial charge in [-0.15, -0.1) is 5.10 Å². The molecule has 0 aliphatic rings. The van der Waals surface area contributed by atoms with Gasteiger partial charge in [-0.2, -0.15) is 4.68 Å². The third-order valence-electron chi connectivity index (χ3n) is 4.23. The highest BCUT2D eigenvalue weighted by Crippen LogP contribution is 2.19. The molecule has 0 aliphatic heterocycles. The fraction of sp³-hybridized carbons (Fsp3) is 0.263. The van der Waals surface area contributed by atoms with Gasteiger partial charge in [0.05, 0.1) is 14.2 Å². The first-order valence-electron chi connectivity index (χ1n) is 8.32. The third-order valence-corrected chi connectivity index (χ3v) is 4.96. The van der Waals surface area contributed by atoms with Crippen LogP contribution in [0, 0.1) is 4.77 Å². The van der Waals surface area contributed by atoms with Gasteiger partial charge < -0.3 is 14.2 Å². The molecule has 0 radical (unpaired) electrons. The molecule has 1 N–H and O–H groups in total. The molecule has 26 heavy (non-hydrogen) atoms. The molecular formula is C19H22ClN4OS+. The SMILES string of the molecule is COc1ccc(C[NH+](C)Cn2nc(-c3ccc(Cl)cc3)n(C)c2=S)cc1. The molecule has 5 nitrogen and oxygen atoms in total. The van der Waals surface area contributed by atoms with Crippen molar-refractivity contribution in [1.82, 2.24) is 14.3 Å². The minimum absolute atomic E-state index is 0.687. The van der Waals surface area contributed by atoms with Gasteiger partial charge in [0.25, 0.3) is 0 Å². The number of hydrogen-bond acceptors (Lipinski definition) is 3. The Labute approximate surface area is 163 Å². The normalized spacial score (nSPS) is 12.2. The van der Waals surface area contributed by atoms with E-state index in [2.05, 4.69) is 19.2 Å². The van der Waals surface area contributed by atoms with Crippen LogP contribution in [0.5, 0.6) is 5.75 Å². The maximum absolute atomic E-state index is 5.98. The molecule has 3 rings (SSSR count). The molecule has 0 spiro atoms. The molecule has 0 saturated heterocycles. The summed E-state index contributed by atoms with van der Waals surface area (Å²) in [4.78, 5) is 1.28. The molecule has 0 fully saturated rings. The highest BCUT2D eigenvalue weighted by Gasteiger charge is 2.13. The summed E-state index contributed by atoms with van der Waals surface area (Å²) in [6.07, 6.45) is 0. The van der Waals surface area contributed by atoms with E-state index in [1.54, 1.807) is 7.11 Å². The zero-order valence-electron chi connectivity index (χ0n) is 15.1. The Hall–Kier alpha value is -2.15. The van der Waals surface area contributed by atoms with E-state index in [1.807, 2.05) is 52.7 Å². The lowest BCUT2D eigenvalue weighted by atomic mass is 10.2. The molecule has 2 aromatic carbocycles. The third kappa shape index (κ3) is 4.15. The van der Waals surface area contributed by atoms with Crippen molar-refractivity contribution in [2.24, 2.45) is 7.05 Å². The van der Waals surface area contributed by atoms with Crippen LogP contribution in [-0.2, 0) is 20.3 Å². The first-order chi connectivity index (χ1) is 12.5. The molecule has 0 amide bonds. The molecule has 1 aromatic heterocycles. The van der Waals surface area contributed by atoms with E-state index < -0.39 is 0 Å². The van der Waals surface area contributed by atoms with Crippen LogP contribution >= 0.6 is 23.8 Å². The van der Waals surface area contributed by atoms with Crippen LogP contribution in [-0.4, -0.2) is 28.5 Å². The number of aromatic nitrogens is 3. The predicted octanol–water partition coefficient (Wildman–Crippen LogP) is 2.95. The van der Waals surface area contributed by atoms with Crippen molar-refractivity contribution in [3.05, 3.63) is 63.9 Å². The second kappa shape index (κ2) is 8.03. The fourth-order valence-electron chi connectivity index (χ4n) is 2.84. The van der Waals surface area contributed by atoms with Crippen molar-refractivity contribution in [3.8, 4) is 17.1 Å². The van der Waals surface area contributed by atoms with Crippen LogP contribution in [0.25, 0.3) is 11.4 Å². The number of nitrogens with one attached hydrogen (secondary N) is 1. The van der Waals surface area contributed by atoms with Crippen molar-refractivity contribution < 1.29 is 9.64 Å². The number of hydrogen-bond donors (Lipinski definition) is 1. The molecule has 0 aliphatic carbocycles. The molecular weight excluding hydrogens is 368 g/mol. The number of nitrogens with zero attached hydrogens (tertiary/aromatic N) is 3. The van der Waals surface area contributed by atoms with Crippen molar-refractivity contribution in [2.45, 2.75) is 13.2 Å². The maximum atomic E-state index is 5.98. The number of benzene rings is 2. The highest BCUT2D eigenvalue weighted by molar-refractivity contribution is 7.71. The predicted molar refractivity (Wildman–Crippen MR) is 106 cm³/mol. The van der Waals surface area contributed by atoms with E-state index in [9.17, 15) is 0 Å². The van der Waals surface area contributed by atoms with E-state index in [0.717, 1.165) is 23.7 Å². The first-order valence-corrected chi connectivity index (χ1v) is 9.10. The maximum Gasteiger partial charge on any atom is 0.202 e. The van der Waals surface area contributed by atoms with E-state index in [4.69, 9.17) is 33.7 Å². The van der Waals surface area contributed by atoms with Gasteiger partial charge >= 0.3 is 0 Å². The van der Waals surface area contributed by atoms with E-state index in [1.165, 1.54) is 10.5 Å². The van der Waals surface area contributed by atoms with Crippen molar-refractivity contribution >= 4 is 23.8 Å². The van der Waals surface area contributed by atoms with Gasteiger partial charge in [-0.3, -0.25) is 0 Å². The fourth-order valence-corrected chi connectivity index (χ4v) is 3.16. The summed E-state index contributed by atoms with van der Waals surface area (Å²) < 4.78 is 9.71. The van der Waals surface area contributed by atoms with E-state index in [-0.39, 0.29) is 0 Å². The van der Waals surface area contributed by atoms with Crippen LogP contribution in [0.4, 0.5) is 0 Å². The molecule has 0 saturated carbocycles. The zero-order valence-corrected chi connectivity index (χ0v) is 16.6. The summed E-state index contributed by atoms with van der Waals surface area (Å²) in [6, 6.07) is 15.8. The minimum atomic E-state index is 0.687. The molecule has 3 aromatic rings. The average Bonchev–Trinajstić information content (AvgIpc) is 2.91. The Bertz CT molecular complexity index is 932. The Morgan fingerprint density at radius 1 is 1.12 bits per heavy atom. The lowest BCUT2D eigenvalue weighted by Crippen LogP contribution is -3.07. The first kappa shape index (κ1) is 18.6. The number of rotatable bonds is 6. The second-order valence-corrected chi connectivity index (χ2v) is 7.11. The van der Waals surface area contributed by atoms with Gasteiger partial charge in [-0.1, -0.05) is 11.6 Å². The summed E-state index contributed by atoms with van der Waals surface area (Å²) >= 11 is 11.5. The van der Waals surface area contributed by atoms with Gasteiger partial charge in [0.15, 0.2) is 12.5 Å². The van der Waals surface area contributed by atoms with Crippen molar-refractivity contribution in [1.29, 1.82) is 0 Å². The Morgan fingerprint density at radius 2 is 1.77 bits per heavy atom. The van der Waals surface area contributed by atoms with Crippen LogP contribution in [0.3, 0.4) is 0 Å². The standard InChI is InChI=1S/C19H21ClN4OS/c1-22(12-14-4-10-17(25-3)11-5-14)13-24-19(26)23(2)18(21-24)15-6-8-16(20)9-7-15/h4-11H,12-13H2,1-3H3/p+1. The molecule has 136 valence electrons. The highest BCUT2D eigenvalue weighted by atomic mass is 35.5. The Balaban J connectivity index is 1.75. The molecule has 1 atom stereocenters. The minimum Gasteiger partial charge on any atom is -0.497 e. The summed E-state index contributed by atoms with van der Waals surface area (Å²) in [5, 5.41) is 5.42.